The second-order valence-electron chi connectivity index (χ2n) is 2.26. The highest BCUT2D eigenvalue weighted by molar-refractivity contribution is 5.74. The number of carbonyl (C=O) groups is 1. The van der Waals surface area contributed by atoms with Gasteiger partial charge in [-0.25, -0.2) is 9.37 Å². The van der Waals surface area contributed by atoms with E-state index in [1.165, 1.54) is 25.4 Å². The molecule has 1 aromatic rings. The lowest BCUT2D eigenvalue weighted by atomic mass is 10.4. The van der Waals surface area contributed by atoms with Crippen molar-refractivity contribution in [1.29, 1.82) is 0 Å². The largest absolute Gasteiger partial charge is 0.468 e. The Morgan fingerprint density at radius 1 is 1.77 bits per heavy atom. The Kier molecular flexibility index (Phi) is 3.19. The van der Waals surface area contributed by atoms with Crippen LogP contribution in [-0.4, -0.2) is 24.6 Å². The molecule has 70 valence electrons. The van der Waals surface area contributed by atoms with E-state index in [9.17, 15) is 9.18 Å². The van der Waals surface area contributed by atoms with Gasteiger partial charge in [0, 0.05) is 6.20 Å². The van der Waals surface area contributed by atoms with E-state index in [0.717, 1.165) is 0 Å². The molecule has 1 heterocycles. The molecule has 0 saturated heterocycles. The van der Waals surface area contributed by atoms with Crippen LogP contribution in [0, 0.1) is 5.82 Å². The minimum atomic E-state index is -0.494. The van der Waals surface area contributed by atoms with Crippen molar-refractivity contribution >= 4 is 11.8 Å². The number of hydrogen-bond acceptors (Lipinski definition) is 4. The average Bonchev–Trinajstić information content (AvgIpc) is 2.16. The quantitative estimate of drug-likeness (QED) is 0.706. The summed E-state index contributed by atoms with van der Waals surface area (Å²) in [6.07, 6.45) is 1.43. The van der Waals surface area contributed by atoms with Crippen LogP contribution in [0.5, 0.6) is 0 Å². The van der Waals surface area contributed by atoms with Gasteiger partial charge >= 0.3 is 5.97 Å². The lowest BCUT2D eigenvalue weighted by Gasteiger charge is -2.03. The van der Waals surface area contributed by atoms with Gasteiger partial charge in [0.25, 0.3) is 0 Å². The summed E-state index contributed by atoms with van der Waals surface area (Å²) in [5, 5.41) is 2.50. The summed E-state index contributed by atoms with van der Waals surface area (Å²) in [7, 11) is 1.26. The Hall–Kier alpha value is -1.65. The first kappa shape index (κ1) is 9.44. The third-order valence-corrected chi connectivity index (χ3v) is 1.39. The zero-order chi connectivity index (χ0) is 9.68. The molecule has 0 amide bonds. The molecule has 1 rings (SSSR count). The van der Waals surface area contributed by atoms with Gasteiger partial charge in [-0.1, -0.05) is 0 Å². The van der Waals surface area contributed by atoms with Crippen LogP contribution in [0.25, 0.3) is 0 Å². The van der Waals surface area contributed by atoms with Gasteiger partial charge in [-0.05, 0) is 12.1 Å². The van der Waals surface area contributed by atoms with Gasteiger partial charge in [-0.15, -0.1) is 0 Å². The van der Waals surface area contributed by atoms with E-state index in [1.54, 1.807) is 0 Å². The number of aromatic nitrogens is 1. The number of carbonyl (C=O) groups excluding carboxylic acids is 1. The molecule has 13 heavy (non-hydrogen) atoms. The van der Waals surface area contributed by atoms with Crippen molar-refractivity contribution in [2.45, 2.75) is 0 Å². The number of nitrogens with zero attached hydrogens (tertiary/aromatic N) is 1. The standard InChI is InChI=1S/C8H9FN2O2/c1-13-7(12)5-11-8-6(9)3-2-4-10-8/h2-4H,5H2,1H3,(H,10,11). The van der Waals surface area contributed by atoms with E-state index in [4.69, 9.17) is 0 Å². The third kappa shape index (κ3) is 2.70. The topological polar surface area (TPSA) is 51.2 Å². The molecule has 0 radical (unpaired) electrons. The van der Waals surface area contributed by atoms with E-state index >= 15 is 0 Å². The van der Waals surface area contributed by atoms with E-state index in [1.807, 2.05) is 0 Å². The lowest BCUT2D eigenvalue weighted by Crippen LogP contribution is -2.16. The molecule has 0 aliphatic carbocycles. The van der Waals surface area contributed by atoms with Gasteiger partial charge in [0.2, 0.25) is 0 Å². The molecule has 0 unspecified atom stereocenters. The molecule has 0 fully saturated rings. The van der Waals surface area contributed by atoms with Gasteiger partial charge in [-0.3, -0.25) is 4.79 Å². The van der Waals surface area contributed by atoms with Gasteiger partial charge in [-0.2, -0.15) is 0 Å². The van der Waals surface area contributed by atoms with E-state index < -0.39 is 11.8 Å². The minimum Gasteiger partial charge on any atom is -0.468 e. The predicted molar refractivity (Wildman–Crippen MR) is 44.7 cm³/mol. The molecule has 1 aromatic heterocycles. The van der Waals surface area contributed by atoms with Crippen LogP contribution in [0.1, 0.15) is 0 Å². The Bertz CT molecular complexity index is 304. The predicted octanol–water partition coefficient (Wildman–Crippen LogP) is 0.806. The highest BCUT2D eigenvalue weighted by Crippen LogP contribution is 2.07. The fourth-order valence-corrected chi connectivity index (χ4v) is 0.744. The maximum Gasteiger partial charge on any atom is 0.325 e. The monoisotopic (exact) mass is 184 g/mol. The normalized spacial score (nSPS) is 9.38. The third-order valence-electron chi connectivity index (χ3n) is 1.39. The molecule has 0 atom stereocenters. The zero-order valence-electron chi connectivity index (χ0n) is 7.08. The van der Waals surface area contributed by atoms with E-state index in [-0.39, 0.29) is 12.4 Å². The van der Waals surface area contributed by atoms with Crippen molar-refractivity contribution in [3.05, 3.63) is 24.1 Å². The summed E-state index contributed by atoms with van der Waals surface area (Å²) >= 11 is 0. The Balaban J connectivity index is 2.54. The number of methoxy groups -OCH3 is 1. The van der Waals surface area contributed by atoms with Crippen LogP contribution in [0.3, 0.4) is 0 Å². The summed E-state index contributed by atoms with van der Waals surface area (Å²) in [6.45, 7) is -0.0928. The van der Waals surface area contributed by atoms with Crippen molar-refractivity contribution in [1.82, 2.24) is 4.98 Å². The number of ether oxygens (including phenoxy) is 1. The Morgan fingerprint density at radius 2 is 2.54 bits per heavy atom. The van der Waals surface area contributed by atoms with Crippen molar-refractivity contribution in [3.63, 3.8) is 0 Å². The molecular formula is C8H9FN2O2. The average molecular weight is 184 g/mol. The Morgan fingerprint density at radius 3 is 3.15 bits per heavy atom. The molecular weight excluding hydrogens is 175 g/mol. The SMILES string of the molecule is COC(=O)CNc1ncccc1F. The lowest BCUT2D eigenvalue weighted by molar-refractivity contribution is -0.138. The highest BCUT2D eigenvalue weighted by Gasteiger charge is 2.04. The number of nitrogens with one attached hydrogen (secondary N) is 1. The molecule has 4 nitrogen and oxygen atoms in total. The first-order valence-electron chi connectivity index (χ1n) is 3.65. The Labute approximate surface area is 74.7 Å². The number of halogens is 1. The summed E-state index contributed by atoms with van der Waals surface area (Å²) in [5.74, 6) is -0.913. The fourth-order valence-electron chi connectivity index (χ4n) is 0.744. The van der Waals surface area contributed by atoms with Crippen LogP contribution in [0.2, 0.25) is 0 Å². The highest BCUT2D eigenvalue weighted by atomic mass is 19.1. The first-order chi connectivity index (χ1) is 6.24. The number of pyridine rings is 1. The maximum absolute atomic E-state index is 12.9. The van der Waals surface area contributed by atoms with Crippen molar-refractivity contribution in [2.75, 3.05) is 19.0 Å². The number of hydrogen-bond donors (Lipinski definition) is 1. The second kappa shape index (κ2) is 4.39. The van der Waals surface area contributed by atoms with E-state index in [2.05, 4.69) is 15.0 Å². The van der Waals surface area contributed by atoms with Crippen molar-refractivity contribution < 1.29 is 13.9 Å². The van der Waals surface area contributed by atoms with Crippen molar-refractivity contribution in [3.8, 4) is 0 Å². The zero-order valence-corrected chi connectivity index (χ0v) is 7.08. The summed E-state index contributed by atoms with van der Waals surface area (Å²) in [5.41, 5.74) is 0. The van der Waals surface area contributed by atoms with Crippen LogP contribution >= 0.6 is 0 Å². The van der Waals surface area contributed by atoms with Crippen LogP contribution in [0.15, 0.2) is 18.3 Å². The number of anilines is 1. The number of rotatable bonds is 3. The minimum absolute atomic E-state index is 0.0490. The maximum atomic E-state index is 12.9. The molecule has 0 saturated carbocycles. The van der Waals surface area contributed by atoms with Crippen LogP contribution in [-0.2, 0) is 9.53 Å². The summed E-state index contributed by atoms with van der Waals surface area (Å²) in [4.78, 5) is 14.4. The first-order valence-corrected chi connectivity index (χ1v) is 3.65. The van der Waals surface area contributed by atoms with Gasteiger partial charge in [0.05, 0.1) is 7.11 Å². The molecule has 0 bridgehead atoms. The smallest absolute Gasteiger partial charge is 0.325 e. The van der Waals surface area contributed by atoms with Crippen LogP contribution in [0.4, 0.5) is 10.2 Å². The van der Waals surface area contributed by atoms with Crippen LogP contribution < -0.4 is 5.32 Å². The molecule has 1 N–H and O–H groups in total. The van der Waals surface area contributed by atoms with E-state index in [0.29, 0.717) is 0 Å². The molecule has 0 spiro atoms. The molecule has 0 aliphatic heterocycles. The molecule has 5 heteroatoms. The van der Waals surface area contributed by atoms with Crippen molar-refractivity contribution in [2.24, 2.45) is 0 Å². The molecule has 0 aliphatic rings. The second-order valence-corrected chi connectivity index (χ2v) is 2.26. The van der Waals surface area contributed by atoms with Gasteiger partial charge in [0.15, 0.2) is 11.6 Å². The number of esters is 1. The summed E-state index contributed by atoms with van der Waals surface area (Å²) < 4.78 is 17.2. The fraction of sp³-hybridized carbons (Fsp3) is 0.250. The summed E-state index contributed by atoms with van der Waals surface area (Å²) in [6, 6.07) is 2.73. The van der Waals surface area contributed by atoms with Gasteiger partial charge < -0.3 is 10.1 Å². The molecule has 0 aromatic carbocycles. The van der Waals surface area contributed by atoms with Gasteiger partial charge in [0.1, 0.15) is 6.54 Å².